The zero-order valence-electron chi connectivity index (χ0n) is 12.8. The monoisotopic (exact) mass is 346 g/mol. The molecule has 0 saturated carbocycles. The van der Waals surface area contributed by atoms with Crippen LogP contribution in [0, 0.1) is 6.92 Å². The minimum Gasteiger partial charge on any atom is -0.493 e. The lowest BCUT2D eigenvalue weighted by molar-refractivity contribution is -0.0512. The third-order valence-corrected chi connectivity index (χ3v) is 4.65. The number of nitrogens with zero attached hydrogens (tertiary/aromatic N) is 2. The quantitative estimate of drug-likeness (QED) is 0.767. The van der Waals surface area contributed by atoms with E-state index < -0.39 is 22.7 Å². The summed E-state index contributed by atoms with van der Waals surface area (Å²) >= 11 is 0. The summed E-state index contributed by atoms with van der Waals surface area (Å²) < 4.78 is 51.3. The predicted molar refractivity (Wildman–Crippen MR) is 78.9 cm³/mol. The van der Waals surface area contributed by atoms with E-state index in [-0.39, 0.29) is 17.3 Å². The van der Waals surface area contributed by atoms with Gasteiger partial charge >= 0.3 is 6.61 Å². The molecule has 0 spiro atoms. The van der Waals surface area contributed by atoms with Gasteiger partial charge in [0, 0.05) is 16.6 Å². The fraction of sp³-hybridized carbons (Fsp3) is 0.429. The zero-order chi connectivity index (χ0) is 17.0. The van der Waals surface area contributed by atoms with Crippen molar-refractivity contribution in [3.63, 3.8) is 0 Å². The maximum atomic E-state index is 12.4. The average Bonchev–Trinajstić information content (AvgIpc) is 2.93. The predicted octanol–water partition coefficient (Wildman–Crippen LogP) is 3.00. The van der Waals surface area contributed by atoms with Gasteiger partial charge < -0.3 is 14.0 Å². The number of halogens is 2. The van der Waals surface area contributed by atoms with E-state index in [0.29, 0.717) is 17.3 Å². The molecule has 126 valence electrons. The number of hydrogen-bond acceptors (Lipinski definition) is 6. The third-order valence-electron chi connectivity index (χ3n) is 3.04. The second kappa shape index (κ2) is 7.49. The summed E-state index contributed by atoms with van der Waals surface area (Å²) in [5.74, 6) is 1.04. The summed E-state index contributed by atoms with van der Waals surface area (Å²) in [7, 11) is 0.0237. The second-order valence-electron chi connectivity index (χ2n) is 4.71. The average molecular weight is 346 g/mol. The lowest BCUT2D eigenvalue weighted by Crippen LogP contribution is -2.07. The Morgan fingerprint density at radius 2 is 2.09 bits per heavy atom. The number of rotatable bonds is 7. The van der Waals surface area contributed by atoms with E-state index in [9.17, 15) is 13.0 Å². The molecule has 0 saturated heterocycles. The molecule has 0 amide bonds. The second-order valence-corrected chi connectivity index (χ2v) is 6.47. The van der Waals surface area contributed by atoms with Crippen molar-refractivity contribution in [2.75, 3.05) is 7.11 Å². The molecule has 0 radical (unpaired) electrons. The highest BCUT2D eigenvalue weighted by molar-refractivity contribution is 7.84. The van der Waals surface area contributed by atoms with Crippen molar-refractivity contribution in [2.45, 2.75) is 31.5 Å². The number of ether oxygens (including phenoxy) is 2. The van der Waals surface area contributed by atoms with Gasteiger partial charge in [-0.2, -0.15) is 13.8 Å². The SMILES string of the molecule is COc1cc(C[S@@](=O)[C@@H](C)c2nc(C)no2)ccc1OC(F)F. The van der Waals surface area contributed by atoms with Gasteiger partial charge in [0.2, 0.25) is 5.89 Å². The van der Waals surface area contributed by atoms with E-state index in [1.54, 1.807) is 19.9 Å². The van der Waals surface area contributed by atoms with Crippen molar-refractivity contribution in [1.82, 2.24) is 10.1 Å². The standard InChI is InChI=1S/C14H16F2N2O4S/c1-8(13-17-9(2)18-22-13)23(19)7-10-4-5-11(21-14(15)16)12(6-10)20-3/h4-6,8,14H,7H2,1-3H3/t8-,23+/m0/s1. The van der Waals surface area contributed by atoms with Gasteiger partial charge in [0.05, 0.1) is 7.11 Å². The maximum Gasteiger partial charge on any atom is 0.387 e. The molecule has 2 rings (SSSR count). The number of benzene rings is 1. The molecule has 0 fully saturated rings. The summed E-state index contributed by atoms with van der Waals surface area (Å²) in [6, 6.07) is 4.43. The minimum absolute atomic E-state index is 0.0717. The molecule has 23 heavy (non-hydrogen) atoms. The van der Waals surface area contributed by atoms with Gasteiger partial charge in [-0.15, -0.1) is 0 Å². The van der Waals surface area contributed by atoms with Gasteiger partial charge in [0.1, 0.15) is 5.25 Å². The molecule has 0 unspecified atom stereocenters. The molecule has 1 aromatic carbocycles. The van der Waals surface area contributed by atoms with E-state index in [1.807, 2.05) is 0 Å². The Morgan fingerprint density at radius 3 is 2.65 bits per heavy atom. The van der Waals surface area contributed by atoms with E-state index in [4.69, 9.17) is 9.26 Å². The molecule has 9 heteroatoms. The molecule has 0 bridgehead atoms. The lowest BCUT2D eigenvalue weighted by atomic mass is 10.2. The first kappa shape index (κ1) is 17.3. The number of methoxy groups -OCH3 is 1. The van der Waals surface area contributed by atoms with Gasteiger partial charge in [-0.25, -0.2) is 0 Å². The molecule has 0 aliphatic heterocycles. The van der Waals surface area contributed by atoms with Crippen LogP contribution >= 0.6 is 0 Å². The van der Waals surface area contributed by atoms with E-state index in [0.717, 1.165) is 0 Å². The largest absolute Gasteiger partial charge is 0.493 e. The number of aryl methyl sites for hydroxylation is 1. The molecule has 0 aliphatic rings. The summed E-state index contributed by atoms with van der Waals surface area (Å²) in [6.07, 6.45) is 0. The Kier molecular flexibility index (Phi) is 5.64. The molecule has 2 aromatic rings. The van der Waals surface area contributed by atoms with Crippen molar-refractivity contribution in [1.29, 1.82) is 0 Å². The minimum atomic E-state index is -2.94. The Labute approximate surface area is 134 Å². The Balaban J connectivity index is 2.11. The topological polar surface area (TPSA) is 74.5 Å². The highest BCUT2D eigenvalue weighted by atomic mass is 32.2. The van der Waals surface area contributed by atoms with Crippen LogP contribution in [0.2, 0.25) is 0 Å². The van der Waals surface area contributed by atoms with Crippen LogP contribution in [0.15, 0.2) is 22.7 Å². The highest BCUT2D eigenvalue weighted by Crippen LogP contribution is 2.30. The maximum absolute atomic E-state index is 12.4. The molecular formula is C14H16F2N2O4S. The molecular weight excluding hydrogens is 330 g/mol. The first-order valence-corrected chi connectivity index (χ1v) is 8.08. The van der Waals surface area contributed by atoms with Crippen LogP contribution in [0.4, 0.5) is 8.78 Å². The Hall–Kier alpha value is -2.03. The van der Waals surface area contributed by atoms with Crippen molar-refractivity contribution < 1.29 is 27.0 Å². The van der Waals surface area contributed by atoms with Crippen LogP contribution < -0.4 is 9.47 Å². The zero-order valence-corrected chi connectivity index (χ0v) is 13.6. The van der Waals surface area contributed by atoms with E-state index in [2.05, 4.69) is 14.9 Å². The summed E-state index contributed by atoms with van der Waals surface area (Å²) in [6.45, 7) is 0.453. The lowest BCUT2D eigenvalue weighted by Gasteiger charge is -2.12. The fourth-order valence-corrected chi connectivity index (χ4v) is 2.95. The van der Waals surface area contributed by atoms with Crippen molar-refractivity contribution in [2.24, 2.45) is 0 Å². The summed E-state index contributed by atoms with van der Waals surface area (Å²) in [5.41, 5.74) is 0.657. The van der Waals surface area contributed by atoms with E-state index >= 15 is 0 Å². The summed E-state index contributed by atoms with van der Waals surface area (Å²) in [4.78, 5) is 4.05. The molecule has 6 nitrogen and oxygen atoms in total. The third kappa shape index (κ3) is 4.47. The van der Waals surface area contributed by atoms with Crippen LogP contribution in [0.25, 0.3) is 0 Å². The van der Waals surface area contributed by atoms with Gasteiger partial charge in [-0.05, 0) is 31.5 Å². The van der Waals surface area contributed by atoms with E-state index in [1.165, 1.54) is 19.2 Å². The van der Waals surface area contributed by atoms with Crippen molar-refractivity contribution >= 4 is 10.8 Å². The number of aromatic nitrogens is 2. The number of hydrogen-bond donors (Lipinski definition) is 0. The first-order valence-electron chi connectivity index (χ1n) is 6.69. The highest BCUT2D eigenvalue weighted by Gasteiger charge is 2.21. The van der Waals surface area contributed by atoms with Gasteiger partial charge in [0.15, 0.2) is 17.3 Å². The van der Waals surface area contributed by atoms with Gasteiger partial charge in [-0.3, -0.25) is 4.21 Å². The smallest absolute Gasteiger partial charge is 0.387 e. The first-order chi connectivity index (χ1) is 10.9. The van der Waals surface area contributed by atoms with Crippen LogP contribution in [0.5, 0.6) is 11.5 Å². The molecule has 1 heterocycles. The fourth-order valence-electron chi connectivity index (χ4n) is 1.88. The van der Waals surface area contributed by atoms with Crippen LogP contribution in [-0.2, 0) is 16.6 Å². The van der Waals surface area contributed by atoms with Crippen molar-refractivity contribution in [3.8, 4) is 11.5 Å². The summed E-state index contributed by atoms with van der Waals surface area (Å²) in [5, 5.41) is 3.22. The molecule has 2 atom stereocenters. The normalized spacial score (nSPS) is 13.8. The number of alkyl halides is 2. The Bertz CT molecular complexity index is 693. The van der Waals surface area contributed by atoms with Crippen molar-refractivity contribution in [3.05, 3.63) is 35.5 Å². The van der Waals surface area contributed by atoms with Crippen LogP contribution in [-0.4, -0.2) is 28.1 Å². The molecule has 0 aliphatic carbocycles. The molecule has 0 N–H and O–H groups in total. The Morgan fingerprint density at radius 1 is 1.35 bits per heavy atom. The van der Waals surface area contributed by atoms with Gasteiger partial charge in [0.25, 0.3) is 0 Å². The van der Waals surface area contributed by atoms with Crippen LogP contribution in [0.1, 0.15) is 29.5 Å². The van der Waals surface area contributed by atoms with Gasteiger partial charge in [-0.1, -0.05) is 11.2 Å². The molecule has 1 aromatic heterocycles. The van der Waals surface area contributed by atoms with Crippen LogP contribution in [0.3, 0.4) is 0 Å².